The van der Waals surface area contributed by atoms with E-state index < -0.39 is 0 Å². The van der Waals surface area contributed by atoms with Crippen LogP contribution in [0.25, 0.3) is 0 Å². The highest BCUT2D eigenvalue weighted by molar-refractivity contribution is 7.12. The molecule has 1 saturated carbocycles. The van der Waals surface area contributed by atoms with Gasteiger partial charge in [-0.1, -0.05) is 38.5 Å². The third kappa shape index (κ3) is 4.33. The number of hydrogen-bond donors (Lipinski definition) is 0. The fraction of sp³-hybridized carbons (Fsp3) is 0.739. The van der Waals surface area contributed by atoms with Gasteiger partial charge in [-0.3, -0.25) is 9.80 Å². The van der Waals surface area contributed by atoms with Crippen molar-refractivity contribution >= 4 is 34.4 Å². The van der Waals surface area contributed by atoms with Crippen LogP contribution >= 0.6 is 22.9 Å². The summed E-state index contributed by atoms with van der Waals surface area (Å²) in [5.74, 6) is 1.95. The van der Waals surface area contributed by atoms with E-state index in [1.54, 1.807) is 0 Å². The molecule has 1 aromatic heterocycles. The van der Waals surface area contributed by atoms with Crippen LogP contribution in [0.1, 0.15) is 85.6 Å². The van der Waals surface area contributed by atoms with Crippen LogP contribution in [0.4, 0.5) is 0 Å². The predicted octanol–water partition coefficient (Wildman–Crippen LogP) is 6.28. The fourth-order valence-corrected chi connectivity index (χ4v) is 6.78. The summed E-state index contributed by atoms with van der Waals surface area (Å²) in [6, 6.07) is 2.65. The van der Waals surface area contributed by atoms with Gasteiger partial charge in [0.1, 0.15) is 5.71 Å². The molecule has 0 saturated heterocycles. The monoisotopic (exact) mass is 420 g/mol. The third-order valence-electron chi connectivity index (χ3n) is 6.75. The Balaban J connectivity index is 1.51. The number of rotatable bonds is 8. The van der Waals surface area contributed by atoms with Crippen LogP contribution in [0.2, 0.25) is 0 Å². The smallest absolute Gasteiger partial charge is 0.179 e. The summed E-state index contributed by atoms with van der Waals surface area (Å²) in [6.07, 6.45) is 12.6. The quantitative estimate of drug-likeness (QED) is 0.366. The van der Waals surface area contributed by atoms with E-state index in [4.69, 9.17) is 16.7 Å². The summed E-state index contributed by atoms with van der Waals surface area (Å²) in [5, 5.41) is 7.24. The number of Topliss-reactive ketones (excluding diaryl/α,β-unsaturated/α-hetero) is 1. The number of hydrazone groups is 1. The third-order valence-corrected chi connectivity index (χ3v) is 8.18. The zero-order chi connectivity index (χ0) is 19.5. The average Bonchev–Trinajstić information content (AvgIpc) is 3.25. The lowest BCUT2D eigenvalue weighted by atomic mass is 9.78. The Hall–Kier alpha value is -0.870. The summed E-state index contributed by atoms with van der Waals surface area (Å²) >= 11 is 7.77. The molecule has 0 aromatic carbocycles. The minimum atomic E-state index is 0.295. The molecule has 2 atom stereocenters. The van der Waals surface area contributed by atoms with E-state index in [0.29, 0.717) is 23.7 Å². The number of carbonyl (C=O) groups is 1. The molecule has 3 aliphatic rings. The second-order valence-electron chi connectivity index (χ2n) is 8.87. The number of fused-ring (bicyclic) bond motifs is 3. The summed E-state index contributed by atoms with van der Waals surface area (Å²) in [5.41, 5.74) is 2.38. The maximum atomic E-state index is 13.2. The van der Waals surface area contributed by atoms with Gasteiger partial charge in [0.15, 0.2) is 5.78 Å². The molecule has 5 heteroatoms. The normalized spacial score (nSPS) is 24.8. The number of aryl methyl sites for hydroxylation is 2. The van der Waals surface area contributed by atoms with Crippen LogP contribution in [0, 0.1) is 18.8 Å². The van der Waals surface area contributed by atoms with Gasteiger partial charge in [0.2, 0.25) is 0 Å². The standard InChI is InChI=1S/C23H33ClN2OS/c1-16-14-18-10-11-19-21(20(27)15-17-8-4-2-5-9-17)25-26(13-7-3-6-12-24)22(19)23(18)28-16/h14,17,19,22H,2-13,15H2,1H3. The van der Waals surface area contributed by atoms with E-state index in [1.165, 1.54) is 47.4 Å². The van der Waals surface area contributed by atoms with Crippen LogP contribution in [0.5, 0.6) is 0 Å². The van der Waals surface area contributed by atoms with E-state index in [-0.39, 0.29) is 0 Å². The zero-order valence-electron chi connectivity index (χ0n) is 17.1. The minimum absolute atomic E-state index is 0.295. The first-order chi connectivity index (χ1) is 13.7. The molecule has 0 amide bonds. The van der Waals surface area contributed by atoms with Gasteiger partial charge in [-0.25, -0.2) is 0 Å². The fourth-order valence-electron chi connectivity index (χ4n) is 5.34. The maximum absolute atomic E-state index is 13.2. The molecule has 0 bridgehead atoms. The van der Waals surface area contributed by atoms with Crippen molar-refractivity contribution in [2.75, 3.05) is 12.4 Å². The number of alkyl halides is 1. The van der Waals surface area contributed by atoms with Gasteiger partial charge in [-0.15, -0.1) is 22.9 Å². The van der Waals surface area contributed by atoms with E-state index in [0.717, 1.165) is 56.7 Å². The lowest BCUT2D eigenvalue weighted by molar-refractivity contribution is -0.114. The molecule has 3 nitrogen and oxygen atoms in total. The van der Waals surface area contributed by atoms with Gasteiger partial charge >= 0.3 is 0 Å². The van der Waals surface area contributed by atoms with Gasteiger partial charge in [-0.2, -0.15) is 5.10 Å². The van der Waals surface area contributed by atoms with Crippen molar-refractivity contribution in [2.24, 2.45) is 16.9 Å². The van der Waals surface area contributed by atoms with E-state index in [9.17, 15) is 4.79 Å². The van der Waals surface area contributed by atoms with Crippen LogP contribution in [-0.4, -0.2) is 28.9 Å². The van der Waals surface area contributed by atoms with Crippen molar-refractivity contribution in [2.45, 2.75) is 83.6 Å². The maximum Gasteiger partial charge on any atom is 0.179 e. The highest BCUT2D eigenvalue weighted by atomic mass is 35.5. The first-order valence-corrected chi connectivity index (χ1v) is 12.6. The lowest BCUT2D eigenvalue weighted by Crippen LogP contribution is -2.32. The molecular formula is C23H33ClN2OS. The first kappa shape index (κ1) is 20.4. The Labute approximate surface area is 178 Å². The summed E-state index contributed by atoms with van der Waals surface area (Å²) in [4.78, 5) is 16.1. The van der Waals surface area contributed by atoms with E-state index >= 15 is 0 Å². The largest absolute Gasteiger partial charge is 0.293 e. The van der Waals surface area contributed by atoms with Crippen molar-refractivity contribution in [1.29, 1.82) is 0 Å². The Kier molecular flexibility index (Phi) is 6.78. The van der Waals surface area contributed by atoms with Crippen LogP contribution in [0.15, 0.2) is 11.2 Å². The molecule has 4 rings (SSSR count). The van der Waals surface area contributed by atoms with E-state index in [1.807, 2.05) is 11.3 Å². The number of nitrogens with zero attached hydrogens (tertiary/aromatic N) is 2. The van der Waals surface area contributed by atoms with Gasteiger partial charge in [0, 0.05) is 34.5 Å². The van der Waals surface area contributed by atoms with Gasteiger partial charge in [-0.05, 0) is 50.2 Å². The van der Waals surface area contributed by atoms with Crippen molar-refractivity contribution in [3.05, 3.63) is 21.4 Å². The average molecular weight is 421 g/mol. The molecule has 0 N–H and O–H groups in total. The number of carbonyl (C=O) groups excluding carboxylic acids is 1. The molecule has 0 radical (unpaired) electrons. The highest BCUT2D eigenvalue weighted by Gasteiger charge is 2.44. The lowest BCUT2D eigenvalue weighted by Gasteiger charge is -2.31. The molecule has 2 unspecified atom stereocenters. The summed E-state index contributed by atoms with van der Waals surface area (Å²) in [6.45, 7) is 3.14. The Morgan fingerprint density at radius 2 is 2.04 bits per heavy atom. The van der Waals surface area contributed by atoms with Crippen molar-refractivity contribution in [3.8, 4) is 0 Å². The molecule has 1 fully saturated rings. The van der Waals surface area contributed by atoms with Crippen LogP contribution in [-0.2, 0) is 11.2 Å². The Morgan fingerprint density at radius 1 is 1.21 bits per heavy atom. The number of unbranched alkanes of at least 4 members (excludes halogenated alkanes) is 2. The predicted molar refractivity (Wildman–Crippen MR) is 119 cm³/mol. The summed E-state index contributed by atoms with van der Waals surface area (Å²) in [7, 11) is 0. The molecule has 1 aromatic rings. The van der Waals surface area contributed by atoms with Crippen LogP contribution in [0.3, 0.4) is 0 Å². The zero-order valence-corrected chi connectivity index (χ0v) is 18.7. The summed E-state index contributed by atoms with van der Waals surface area (Å²) < 4.78 is 0. The molecule has 154 valence electrons. The van der Waals surface area contributed by atoms with Gasteiger partial charge in [0.25, 0.3) is 0 Å². The van der Waals surface area contributed by atoms with Crippen molar-refractivity contribution in [1.82, 2.24) is 5.01 Å². The van der Waals surface area contributed by atoms with Gasteiger partial charge < -0.3 is 0 Å². The van der Waals surface area contributed by atoms with Gasteiger partial charge in [0.05, 0.1) is 6.04 Å². The van der Waals surface area contributed by atoms with Crippen LogP contribution < -0.4 is 0 Å². The minimum Gasteiger partial charge on any atom is -0.293 e. The SMILES string of the molecule is Cc1cc2c(s1)C1C(CC2)C(C(=O)CC2CCCCC2)=NN1CCCCCCl. The number of hydrogen-bond acceptors (Lipinski definition) is 4. The Morgan fingerprint density at radius 3 is 2.82 bits per heavy atom. The number of ketones is 1. The molecule has 28 heavy (non-hydrogen) atoms. The number of halogens is 1. The highest BCUT2D eigenvalue weighted by Crippen LogP contribution is 2.47. The first-order valence-electron chi connectivity index (χ1n) is 11.2. The second-order valence-corrected chi connectivity index (χ2v) is 10.5. The second kappa shape index (κ2) is 9.30. The molecule has 1 aliphatic heterocycles. The molecule has 2 heterocycles. The Bertz CT molecular complexity index is 722. The number of thiophene rings is 1. The topological polar surface area (TPSA) is 32.7 Å². The van der Waals surface area contributed by atoms with Crippen molar-refractivity contribution < 1.29 is 4.79 Å². The van der Waals surface area contributed by atoms with Crippen molar-refractivity contribution in [3.63, 3.8) is 0 Å². The van der Waals surface area contributed by atoms with E-state index in [2.05, 4.69) is 18.0 Å². The molecule has 2 aliphatic carbocycles. The molecular weight excluding hydrogens is 388 g/mol. The molecule has 0 spiro atoms.